The molecule has 0 spiro atoms. The van der Waals surface area contributed by atoms with Crippen LogP contribution in [0.25, 0.3) is 33.6 Å². The molecule has 1 saturated carbocycles. The van der Waals surface area contributed by atoms with Crippen LogP contribution in [0.4, 0.5) is 23.4 Å². The fraction of sp³-hybridized carbons (Fsp3) is 0.344. The smallest absolute Gasteiger partial charge is 0.405 e. The topological polar surface area (TPSA) is 105 Å². The Kier molecular flexibility index (Phi) is 8.28. The summed E-state index contributed by atoms with van der Waals surface area (Å²) in [4.78, 5) is 30.9. The van der Waals surface area contributed by atoms with Crippen molar-refractivity contribution in [2.24, 2.45) is 5.92 Å². The van der Waals surface area contributed by atoms with E-state index in [2.05, 4.69) is 27.9 Å². The molecule has 1 aliphatic carbocycles. The molecule has 2 amide bonds. The number of carbonyl (C=O) groups is 2. The Morgan fingerprint density at radius 2 is 1.75 bits per heavy atom. The van der Waals surface area contributed by atoms with Gasteiger partial charge in [0.2, 0.25) is 5.71 Å². The Hall–Kier alpha value is -4.61. The predicted molar refractivity (Wildman–Crippen MR) is 158 cm³/mol. The molecule has 0 bridgehead atoms. The number of hydrogen-bond acceptors (Lipinski definition) is 6. The van der Waals surface area contributed by atoms with Crippen LogP contribution in [0.3, 0.4) is 0 Å². The average molecular weight is 613 g/mol. The van der Waals surface area contributed by atoms with E-state index in [1.54, 1.807) is 12.1 Å². The predicted octanol–water partition coefficient (Wildman–Crippen LogP) is 6.95. The minimum Gasteiger partial charge on any atom is -0.496 e. The number of halogens is 4. The summed E-state index contributed by atoms with van der Waals surface area (Å²) in [7, 11) is 2.84. The number of aromatic nitrogens is 1. The standard InChI is InChI=1S/C32H32F4N4O4/c1-5-17-14-31(2,15-17)40-28(41)22-12-19(8-11-24(22)43-4)21-13-23-25(29(42)37-3)26(18-6-9-20(33)10-7-18)44-30(23)39-27(21)38-16-32(34,35)36/h6-13,17H,5,14-16H2,1-4H3,(H,37,42)(H,38,39)(H,40,41). The normalized spacial score (nSPS) is 18.0. The summed E-state index contributed by atoms with van der Waals surface area (Å²) in [5.41, 5.74) is 0.690. The third-order valence-corrected chi connectivity index (χ3v) is 7.93. The van der Waals surface area contributed by atoms with Gasteiger partial charge >= 0.3 is 6.18 Å². The van der Waals surface area contributed by atoms with Gasteiger partial charge < -0.3 is 25.1 Å². The number of pyridine rings is 1. The van der Waals surface area contributed by atoms with Crippen LogP contribution in [-0.4, -0.2) is 49.2 Å². The molecule has 0 radical (unpaired) electrons. The maximum Gasteiger partial charge on any atom is 0.405 e. The number of furan rings is 1. The lowest BCUT2D eigenvalue weighted by atomic mass is 9.68. The number of ether oxygens (including phenoxy) is 1. The maximum absolute atomic E-state index is 13.6. The van der Waals surface area contributed by atoms with Gasteiger partial charge in [-0.15, -0.1) is 0 Å². The van der Waals surface area contributed by atoms with Crippen molar-refractivity contribution in [1.29, 1.82) is 0 Å². The van der Waals surface area contributed by atoms with E-state index < -0.39 is 24.4 Å². The lowest BCUT2D eigenvalue weighted by Crippen LogP contribution is -2.55. The summed E-state index contributed by atoms with van der Waals surface area (Å²) < 4.78 is 64.9. The van der Waals surface area contributed by atoms with Gasteiger partial charge in [0, 0.05) is 23.7 Å². The number of carbonyl (C=O) groups excluding carboxylic acids is 2. The third-order valence-electron chi connectivity index (χ3n) is 7.93. The summed E-state index contributed by atoms with van der Waals surface area (Å²) in [6.45, 7) is 2.68. The van der Waals surface area contributed by atoms with Gasteiger partial charge in [0.25, 0.3) is 11.8 Å². The zero-order chi connectivity index (χ0) is 31.8. The number of nitrogens with one attached hydrogen (secondary N) is 3. The van der Waals surface area contributed by atoms with Crippen molar-refractivity contribution >= 4 is 28.7 Å². The van der Waals surface area contributed by atoms with Crippen LogP contribution in [0, 0.1) is 11.7 Å². The molecule has 232 valence electrons. The molecule has 0 aliphatic heterocycles. The molecule has 8 nitrogen and oxygen atoms in total. The van der Waals surface area contributed by atoms with Crippen LogP contribution < -0.4 is 20.7 Å². The fourth-order valence-corrected chi connectivity index (χ4v) is 5.72. The Balaban J connectivity index is 1.66. The van der Waals surface area contributed by atoms with Crippen molar-refractivity contribution in [1.82, 2.24) is 15.6 Å². The summed E-state index contributed by atoms with van der Waals surface area (Å²) in [5.74, 6) is -0.717. The number of benzene rings is 2. The van der Waals surface area contributed by atoms with Crippen molar-refractivity contribution < 1.29 is 36.3 Å². The van der Waals surface area contributed by atoms with Crippen LogP contribution in [0.2, 0.25) is 0 Å². The van der Waals surface area contributed by atoms with Gasteiger partial charge in [-0.2, -0.15) is 18.2 Å². The first-order valence-electron chi connectivity index (χ1n) is 14.1. The Labute approximate surface area is 251 Å². The molecule has 12 heteroatoms. The lowest BCUT2D eigenvalue weighted by molar-refractivity contribution is -0.115. The SMILES string of the molecule is CCC1CC(C)(NC(=O)c2cc(-c3cc4c(C(=O)NC)c(-c5ccc(F)cc5)oc4nc3NCC(F)(F)F)ccc2OC)C1. The van der Waals surface area contributed by atoms with E-state index in [9.17, 15) is 27.2 Å². The van der Waals surface area contributed by atoms with E-state index in [1.165, 1.54) is 50.6 Å². The second-order valence-corrected chi connectivity index (χ2v) is 11.2. The van der Waals surface area contributed by atoms with Crippen molar-refractivity contribution in [2.75, 3.05) is 26.0 Å². The Morgan fingerprint density at radius 1 is 1.07 bits per heavy atom. The molecule has 2 aromatic heterocycles. The second kappa shape index (κ2) is 11.8. The average Bonchev–Trinajstić information content (AvgIpc) is 3.35. The molecule has 5 rings (SSSR count). The zero-order valence-electron chi connectivity index (χ0n) is 24.6. The van der Waals surface area contributed by atoms with Crippen molar-refractivity contribution in [2.45, 2.75) is 44.8 Å². The van der Waals surface area contributed by atoms with Gasteiger partial charge in [-0.05, 0) is 73.7 Å². The second-order valence-electron chi connectivity index (χ2n) is 11.2. The van der Waals surface area contributed by atoms with Gasteiger partial charge in [-0.1, -0.05) is 19.4 Å². The summed E-state index contributed by atoms with van der Waals surface area (Å²) in [6.07, 6.45) is -1.88. The number of amides is 2. The highest BCUT2D eigenvalue weighted by Gasteiger charge is 2.40. The Bertz CT molecular complexity index is 1710. The Morgan fingerprint density at radius 3 is 2.36 bits per heavy atom. The lowest BCUT2D eigenvalue weighted by Gasteiger charge is -2.45. The molecule has 2 heterocycles. The highest BCUT2D eigenvalue weighted by molar-refractivity contribution is 6.11. The molecular weight excluding hydrogens is 580 g/mol. The number of rotatable bonds is 9. The molecule has 1 aliphatic rings. The highest BCUT2D eigenvalue weighted by atomic mass is 19.4. The zero-order valence-corrected chi connectivity index (χ0v) is 24.6. The summed E-state index contributed by atoms with van der Waals surface area (Å²) >= 11 is 0. The number of nitrogens with zero attached hydrogens (tertiary/aromatic N) is 1. The van der Waals surface area contributed by atoms with E-state index in [4.69, 9.17) is 9.15 Å². The number of fused-ring (bicyclic) bond motifs is 1. The van der Waals surface area contributed by atoms with E-state index in [-0.39, 0.29) is 56.6 Å². The van der Waals surface area contributed by atoms with E-state index in [0.717, 1.165) is 19.3 Å². The van der Waals surface area contributed by atoms with Crippen molar-refractivity contribution in [3.05, 3.63) is 65.5 Å². The molecule has 2 aromatic carbocycles. The monoisotopic (exact) mass is 612 g/mol. The maximum atomic E-state index is 13.6. The van der Waals surface area contributed by atoms with Crippen LogP contribution >= 0.6 is 0 Å². The third kappa shape index (κ3) is 6.20. The van der Waals surface area contributed by atoms with E-state index >= 15 is 0 Å². The van der Waals surface area contributed by atoms with Gasteiger partial charge in [0.1, 0.15) is 29.7 Å². The number of methoxy groups -OCH3 is 1. The van der Waals surface area contributed by atoms with Gasteiger partial charge in [0.15, 0.2) is 0 Å². The minimum atomic E-state index is -4.57. The van der Waals surface area contributed by atoms with Crippen molar-refractivity contribution in [3.63, 3.8) is 0 Å². The number of hydrogen-bond donors (Lipinski definition) is 3. The number of alkyl halides is 3. The molecule has 1 fully saturated rings. The van der Waals surface area contributed by atoms with Crippen LogP contribution in [0.1, 0.15) is 53.8 Å². The quantitative estimate of drug-likeness (QED) is 0.177. The summed E-state index contributed by atoms with van der Waals surface area (Å²) in [6, 6.07) is 11.4. The molecule has 0 unspecified atom stereocenters. The first kappa shape index (κ1) is 30.8. The van der Waals surface area contributed by atoms with Gasteiger partial charge in [0.05, 0.1) is 23.6 Å². The van der Waals surface area contributed by atoms with Crippen LogP contribution in [-0.2, 0) is 0 Å². The molecule has 3 N–H and O–H groups in total. The first-order chi connectivity index (χ1) is 20.8. The molecule has 0 saturated heterocycles. The van der Waals surface area contributed by atoms with Gasteiger partial charge in [-0.25, -0.2) is 4.39 Å². The fourth-order valence-electron chi connectivity index (χ4n) is 5.72. The van der Waals surface area contributed by atoms with Crippen molar-refractivity contribution in [3.8, 4) is 28.2 Å². The molecule has 44 heavy (non-hydrogen) atoms. The minimum absolute atomic E-state index is 0.0692. The molecule has 0 atom stereocenters. The van der Waals surface area contributed by atoms with Crippen LogP contribution in [0.5, 0.6) is 5.75 Å². The molecule has 4 aromatic rings. The highest BCUT2D eigenvalue weighted by Crippen LogP contribution is 2.41. The van der Waals surface area contributed by atoms with E-state index in [0.29, 0.717) is 17.0 Å². The first-order valence-corrected chi connectivity index (χ1v) is 14.1. The van der Waals surface area contributed by atoms with Gasteiger partial charge in [-0.3, -0.25) is 9.59 Å². The van der Waals surface area contributed by atoms with Crippen LogP contribution in [0.15, 0.2) is 52.9 Å². The largest absolute Gasteiger partial charge is 0.496 e. The number of anilines is 1. The summed E-state index contributed by atoms with van der Waals surface area (Å²) in [5, 5.41) is 8.17. The molecular formula is C32H32F4N4O4. The van der Waals surface area contributed by atoms with E-state index in [1.807, 2.05) is 6.92 Å².